The molecule has 0 spiro atoms. The molecule has 3 aromatic rings. The predicted molar refractivity (Wildman–Crippen MR) is 163 cm³/mol. The summed E-state index contributed by atoms with van der Waals surface area (Å²) in [5.41, 5.74) is 2.73. The Bertz CT molecular complexity index is 1470. The highest BCUT2D eigenvalue weighted by molar-refractivity contribution is 7.92. The monoisotopic (exact) mass is 595 g/mol. The number of anilines is 1. The van der Waals surface area contributed by atoms with E-state index in [1.165, 1.54) is 17.0 Å². The fourth-order valence-electron chi connectivity index (χ4n) is 5.36. The van der Waals surface area contributed by atoms with Gasteiger partial charge in [-0.3, -0.25) is 13.9 Å². The van der Waals surface area contributed by atoms with Gasteiger partial charge >= 0.3 is 0 Å². The lowest BCUT2D eigenvalue weighted by atomic mass is 10.1. The molecular weight excluding hydrogens is 558 g/mol. The second-order valence-electron chi connectivity index (χ2n) is 10.6. The molecule has 7 nitrogen and oxygen atoms in total. The van der Waals surface area contributed by atoms with Crippen LogP contribution in [0, 0.1) is 13.8 Å². The second-order valence-corrected chi connectivity index (χ2v) is 12.8. The molecule has 0 aliphatic heterocycles. The average Bonchev–Trinajstić information content (AvgIpc) is 3.47. The van der Waals surface area contributed by atoms with Gasteiger partial charge in [0.25, 0.3) is 10.0 Å². The van der Waals surface area contributed by atoms with Gasteiger partial charge in [0.1, 0.15) is 12.6 Å². The molecule has 1 aliphatic rings. The highest BCUT2D eigenvalue weighted by atomic mass is 35.5. The van der Waals surface area contributed by atoms with Crippen molar-refractivity contribution < 1.29 is 18.0 Å². The maximum absolute atomic E-state index is 14.3. The molecule has 0 saturated heterocycles. The summed E-state index contributed by atoms with van der Waals surface area (Å²) in [6.07, 6.45) is 4.37. The second kappa shape index (κ2) is 13.5. The molecular formula is C32H38ClN3O4S. The number of nitrogens with one attached hydrogen (secondary N) is 1. The molecule has 1 aliphatic carbocycles. The molecule has 0 bridgehead atoms. The SMILES string of the molecule is CC[C@@H](C(=O)NC1CCCC1)N(Cc1ccccc1C)C(=O)CN(c1cccc(Cl)c1C)S(=O)(=O)c1ccccc1. The third-order valence-corrected chi connectivity index (χ3v) is 9.99. The number of halogens is 1. The van der Waals surface area contributed by atoms with E-state index < -0.39 is 28.5 Å². The van der Waals surface area contributed by atoms with Crippen LogP contribution in [0.5, 0.6) is 0 Å². The van der Waals surface area contributed by atoms with Gasteiger partial charge < -0.3 is 10.2 Å². The summed E-state index contributed by atoms with van der Waals surface area (Å²) in [5.74, 6) is -0.682. The van der Waals surface area contributed by atoms with Crippen molar-refractivity contribution in [3.8, 4) is 0 Å². The minimum Gasteiger partial charge on any atom is -0.352 e. The summed E-state index contributed by atoms with van der Waals surface area (Å²) in [6.45, 7) is 5.24. The zero-order valence-corrected chi connectivity index (χ0v) is 25.4. The summed E-state index contributed by atoms with van der Waals surface area (Å²) >= 11 is 6.40. The topological polar surface area (TPSA) is 86.8 Å². The van der Waals surface area contributed by atoms with Crippen LogP contribution in [0.3, 0.4) is 0 Å². The van der Waals surface area contributed by atoms with Crippen molar-refractivity contribution in [1.82, 2.24) is 10.2 Å². The summed E-state index contributed by atoms with van der Waals surface area (Å²) < 4.78 is 29.1. The number of aryl methyl sites for hydroxylation is 1. The van der Waals surface area contributed by atoms with Gasteiger partial charge in [-0.05, 0) is 74.1 Å². The molecule has 0 radical (unpaired) electrons. The lowest BCUT2D eigenvalue weighted by Gasteiger charge is -2.34. The van der Waals surface area contributed by atoms with Gasteiger partial charge in [-0.1, -0.05) is 79.9 Å². The van der Waals surface area contributed by atoms with Gasteiger partial charge in [0.05, 0.1) is 10.6 Å². The third kappa shape index (κ3) is 7.11. The van der Waals surface area contributed by atoms with E-state index in [0.717, 1.165) is 41.1 Å². The van der Waals surface area contributed by atoms with Crippen molar-refractivity contribution in [2.75, 3.05) is 10.8 Å². The molecule has 0 heterocycles. The van der Waals surface area contributed by atoms with Crippen molar-refractivity contribution in [2.45, 2.75) is 76.4 Å². The summed E-state index contributed by atoms with van der Waals surface area (Å²) in [6, 6.07) is 20.0. The van der Waals surface area contributed by atoms with Crippen molar-refractivity contribution in [3.63, 3.8) is 0 Å². The highest BCUT2D eigenvalue weighted by Crippen LogP contribution is 2.31. The van der Waals surface area contributed by atoms with Gasteiger partial charge in [0.15, 0.2) is 0 Å². The molecule has 2 amide bonds. The molecule has 218 valence electrons. The largest absolute Gasteiger partial charge is 0.352 e. The van der Waals surface area contributed by atoms with Crippen LogP contribution in [0.15, 0.2) is 77.7 Å². The normalized spacial score (nSPS) is 14.4. The van der Waals surface area contributed by atoms with Crippen LogP contribution in [0.2, 0.25) is 5.02 Å². The first kappa shape index (κ1) is 30.6. The van der Waals surface area contributed by atoms with Crippen LogP contribution >= 0.6 is 11.6 Å². The van der Waals surface area contributed by atoms with Crippen LogP contribution in [0.1, 0.15) is 55.7 Å². The van der Waals surface area contributed by atoms with E-state index in [9.17, 15) is 18.0 Å². The Morgan fingerprint density at radius 1 is 0.951 bits per heavy atom. The zero-order valence-electron chi connectivity index (χ0n) is 23.8. The smallest absolute Gasteiger partial charge is 0.264 e. The molecule has 0 unspecified atom stereocenters. The number of nitrogens with zero attached hydrogens (tertiary/aromatic N) is 2. The summed E-state index contributed by atoms with van der Waals surface area (Å²) in [4.78, 5) is 29.4. The van der Waals surface area contributed by atoms with E-state index >= 15 is 0 Å². The Labute approximate surface area is 248 Å². The molecule has 4 rings (SSSR count). The Kier molecular flexibility index (Phi) is 10.1. The average molecular weight is 596 g/mol. The van der Waals surface area contributed by atoms with E-state index in [-0.39, 0.29) is 23.4 Å². The molecule has 1 N–H and O–H groups in total. The zero-order chi connectivity index (χ0) is 29.6. The summed E-state index contributed by atoms with van der Waals surface area (Å²) in [5, 5.41) is 3.53. The molecule has 0 aromatic heterocycles. The van der Waals surface area contributed by atoms with Crippen molar-refractivity contribution in [2.24, 2.45) is 0 Å². The first-order valence-corrected chi connectivity index (χ1v) is 15.9. The fraction of sp³-hybridized carbons (Fsp3) is 0.375. The van der Waals surface area contributed by atoms with Gasteiger partial charge in [-0.2, -0.15) is 0 Å². The number of benzene rings is 3. The minimum absolute atomic E-state index is 0.0589. The van der Waals surface area contributed by atoms with Crippen molar-refractivity contribution >= 4 is 39.1 Å². The molecule has 9 heteroatoms. The molecule has 1 saturated carbocycles. The Morgan fingerprint density at radius 2 is 1.61 bits per heavy atom. The van der Waals surface area contributed by atoms with Crippen molar-refractivity contribution in [3.05, 3.63) is 94.5 Å². The van der Waals surface area contributed by atoms with Crippen LogP contribution in [-0.4, -0.2) is 43.8 Å². The highest BCUT2D eigenvalue weighted by Gasteiger charge is 2.35. The third-order valence-electron chi connectivity index (χ3n) is 7.81. The maximum Gasteiger partial charge on any atom is 0.264 e. The number of rotatable bonds is 11. The van der Waals surface area contributed by atoms with Gasteiger partial charge in [0, 0.05) is 17.6 Å². The Balaban J connectivity index is 1.75. The first-order valence-electron chi connectivity index (χ1n) is 14.1. The number of carbonyl (C=O) groups is 2. The first-order chi connectivity index (χ1) is 19.6. The van der Waals surface area contributed by atoms with E-state index in [4.69, 9.17) is 11.6 Å². The van der Waals surface area contributed by atoms with E-state index in [2.05, 4.69) is 5.32 Å². The molecule has 1 fully saturated rings. The van der Waals surface area contributed by atoms with Gasteiger partial charge in [-0.25, -0.2) is 8.42 Å². The minimum atomic E-state index is -4.15. The predicted octanol–water partition coefficient (Wildman–Crippen LogP) is 6.02. The van der Waals surface area contributed by atoms with Crippen LogP contribution in [0.25, 0.3) is 0 Å². The number of amides is 2. The molecule has 1 atom stereocenters. The number of carbonyl (C=O) groups excluding carboxylic acids is 2. The number of sulfonamides is 1. The maximum atomic E-state index is 14.3. The molecule has 41 heavy (non-hydrogen) atoms. The van der Waals surface area contributed by atoms with Crippen LogP contribution < -0.4 is 9.62 Å². The lowest BCUT2D eigenvalue weighted by Crippen LogP contribution is -2.53. The lowest BCUT2D eigenvalue weighted by molar-refractivity contribution is -0.140. The molecule has 3 aromatic carbocycles. The van der Waals surface area contributed by atoms with Gasteiger partial charge in [-0.15, -0.1) is 0 Å². The van der Waals surface area contributed by atoms with Gasteiger partial charge in [0.2, 0.25) is 11.8 Å². The number of hydrogen-bond acceptors (Lipinski definition) is 4. The number of hydrogen-bond donors (Lipinski definition) is 1. The Hall–Kier alpha value is -3.36. The van der Waals surface area contributed by atoms with Crippen LogP contribution in [0.4, 0.5) is 5.69 Å². The summed E-state index contributed by atoms with van der Waals surface area (Å²) in [7, 11) is -4.15. The van der Waals surface area contributed by atoms with E-state index in [1.807, 2.05) is 38.1 Å². The Morgan fingerprint density at radius 3 is 2.27 bits per heavy atom. The standard InChI is InChI=1S/C32H38ClN3O4S/c1-4-29(32(38)34-26-15-10-11-16-26)35(21-25-14-9-8-13-23(25)2)31(37)22-36(30-20-12-19-28(33)24(30)3)41(39,40)27-17-6-5-7-18-27/h5-9,12-14,17-20,26,29H,4,10-11,15-16,21-22H2,1-3H3,(H,34,38)/t29-/m0/s1. The van der Waals surface area contributed by atoms with Crippen molar-refractivity contribution in [1.29, 1.82) is 0 Å². The quantitative estimate of drug-likeness (QED) is 0.294. The fourth-order valence-corrected chi connectivity index (χ4v) is 7.02. The van der Waals surface area contributed by atoms with E-state index in [1.54, 1.807) is 43.3 Å². The van der Waals surface area contributed by atoms with Crippen LogP contribution in [-0.2, 0) is 26.2 Å². The van der Waals surface area contributed by atoms with E-state index in [0.29, 0.717) is 22.7 Å².